The predicted octanol–water partition coefficient (Wildman–Crippen LogP) is 2.38. The summed E-state index contributed by atoms with van der Waals surface area (Å²) in [6.07, 6.45) is 11.0. The number of carbonyl (C=O) groups excluding carboxylic acids is 1. The Kier molecular flexibility index (Phi) is 7.46. The van der Waals surface area contributed by atoms with E-state index in [4.69, 9.17) is 10.2 Å². The molecule has 1 saturated heterocycles. The summed E-state index contributed by atoms with van der Waals surface area (Å²) in [5.41, 5.74) is 5.80. The number of amides is 1. The van der Waals surface area contributed by atoms with Crippen LogP contribution >= 0.6 is 0 Å². The number of piperazine rings is 1. The summed E-state index contributed by atoms with van der Waals surface area (Å²) >= 11 is 0. The molecule has 1 aliphatic carbocycles. The zero-order valence-corrected chi connectivity index (χ0v) is 13.4. The van der Waals surface area contributed by atoms with Crippen molar-refractivity contribution >= 4 is 5.91 Å². The van der Waals surface area contributed by atoms with E-state index in [9.17, 15) is 4.79 Å². The van der Waals surface area contributed by atoms with Crippen LogP contribution in [-0.2, 0) is 0 Å². The Bertz CT molecular complexity index is 406. The van der Waals surface area contributed by atoms with Gasteiger partial charge in [-0.05, 0) is 25.0 Å². The highest BCUT2D eigenvalue weighted by Gasteiger charge is 2.19. The van der Waals surface area contributed by atoms with Crippen molar-refractivity contribution in [1.82, 2.24) is 10.2 Å². The van der Waals surface area contributed by atoms with Crippen LogP contribution in [0.3, 0.4) is 0 Å². The van der Waals surface area contributed by atoms with Gasteiger partial charge in [-0.1, -0.05) is 32.1 Å². The molecule has 5 heteroatoms. The lowest BCUT2D eigenvalue weighted by Crippen LogP contribution is -2.46. The van der Waals surface area contributed by atoms with Crippen LogP contribution in [0.1, 0.15) is 55.5 Å². The quantitative estimate of drug-likeness (QED) is 0.835. The highest BCUT2D eigenvalue weighted by atomic mass is 16.3. The fraction of sp³-hybridized carbons (Fsp3) is 0.706. The first-order chi connectivity index (χ1) is 10.8. The largest absolute Gasteiger partial charge is 0.459 e. The third-order valence-electron chi connectivity index (χ3n) is 4.29. The zero-order valence-electron chi connectivity index (χ0n) is 13.4. The Labute approximate surface area is 133 Å². The molecular weight excluding hydrogens is 278 g/mol. The van der Waals surface area contributed by atoms with Gasteiger partial charge in [0.05, 0.1) is 6.26 Å². The standard InChI is InChI=1S/C9H12N2O2.C8H17N/c12-9(8-2-1-7-13-8)11-5-3-10-4-6-11;9-8-6-4-2-1-3-5-7-8/h1-2,7,10H,3-6H2;8H,1-7,9H2. The first kappa shape index (κ1) is 17.0. The Morgan fingerprint density at radius 1 is 1.14 bits per heavy atom. The molecule has 2 heterocycles. The van der Waals surface area contributed by atoms with Gasteiger partial charge >= 0.3 is 0 Å². The summed E-state index contributed by atoms with van der Waals surface area (Å²) < 4.78 is 5.04. The number of nitrogens with zero attached hydrogens (tertiary/aromatic N) is 1. The molecule has 22 heavy (non-hydrogen) atoms. The number of furan rings is 1. The van der Waals surface area contributed by atoms with Gasteiger partial charge in [0.1, 0.15) is 0 Å². The van der Waals surface area contributed by atoms with Crippen LogP contribution < -0.4 is 11.1 Å². The molecule has 0 unspecified atom stereocenters. The third-order valence-corrected chi connectivity index (χ3v) is 4.29. The van der Waals surface area contributed by atoms with E-state index < -0.39 is 0 Å². The number of rotatable bonds is 1. The smallest absolute Gasteiger partial charge is 0.289 e. The van der Waals surface area contributed by atoms with Crippen LogP contribution in [-0.4, -0.2) is 43.0 Å². The molecule has 0 spiro atoms. The van der Waals surface area contributed by atoms with Gasteiger partial charge in [0.2, 0.25) is 0 Å². The zero-order chi connectivity index (χ0) is 15.6. The van der Waals surface area contributed by atoms with Crippen molar-refractivity contribution in [3.8, 4) is 0 Å². The molecule has 5 nitrogen and oxygen atoms in total. The molecule has 2 aliphatic rings. The van der Waals surface area contributed by atoms with Gasteiger partial charge in [-0.15, -0.1) is 0 Å². The van der Waals surface area contributed by atoms with Gasteiger partial charge in [0, 0.05) is 32.2 Å². The summed E-state index contributed by atoms with van der Waals surface area (Å²) in [5.74, 6) is 0.424. The van der Waals surface area contributed by atoms with Gasteiger partial charge in [-0.3, -0.25) is 4.79 Å². The van der Waals surface area contributed by atoms with E-state index in [1.54, 1.807) is 17.0 Å². The SMILES string of the molecule is NC1CCCCCCC1.O=C(c1ccco1)N1CCNCC1. The minimum absolute atomic E-state index is 0.00787. The molecule has 0 bridgehead atoms. The molecule has 124 valence electrons. The average Bonchev–Trinajstić information content (AvgIpc) is 3.06. The summed E-state index contributed by atoms with van der Waals surface area (Å²) in [6, 6.07) is 3.95. The lowest BCUT2D eigenvalue weighted by molar-refractivity contribution is 0.0703. The Balaban J connectivity index is 0.000000172. The molecule has 2 fully saturated rings. The first-order valence-electron chi connectivity index (χ1n) is 8.56. The maximum atomic E-state index is 11.7. The molecular formula is C17H29N3O2. The molecule has 3 rings (SSSR count). The van der Waals surface area contributed by atoms with Crippen molar-refractivity contribution in [3.63, 3.8) is 0 Å². The minimum Gasteiger partial charge on any atom is -0.459 e. The highest BCUT2D eigenvalue weighted by molar-refractivity contribution is 5.91. The fourth-order valence-electron chi connectivity index (χ4n) is 2.91. The molecule has 3 N–H and O–H groups in total. The maximum absolute atomic E-state index is 11.7. The average molecular weight is 307 g/mol. The molecule has 1 aromatic heterocycles. The van der Waals surface area contributed by atoms with Crippen LogP contribution in [0.25, 0.3) is 0 Å². The van der Waals surface area contributed by atoms with E-state index in [2.05, 4.69) is 5.32 Å². The van der Waals surface area contributed by atoms with Gasteiger partial charge in [0.15, 0.2) is 5.76 Å². The van der Waals surface area contributed by atoms with E-state index >= 15 is 0 Å². The van der Waals surface area contributed by atoms with Gasteiger partial charge in [-0.2, -0.15) is 0 Å². The molecule has 0 atom stereocenters. The molecule has 1 saturated carbocycles. The summed E-state index contributed by atoms with van der Waals surface area (Å²) in [4.78, 5) is 13.5. The lowest BCUT2D eigenvalue weighted by atomic mass is 9.98. The number of nitrogens with one attached hydrogen (secondary N) is 1. The monoisotopic (exact) mass is 307 g/mol. The van der Waals surface area contributed by atoms with E-state index in [-0.39, 0.29) is 5.91 Å². The van der Waals surface area contributed by atoms with Crippen molar-refractivity contribution in [1.29, 1.82) is 0 Å². The van der Waals surface area contributed by atoms with E-state index in [0.717, 1.165) is 26.2 Å². The van der Waals surface area contributed by atoms with Crippen LogP contribution in [0.2, 0.25) is 0 Å². The lowest BCUT2D eigenvalue weighted by Gasteiger charge is -2.26. The summed E-state index contributed by atoms with van der Waals surface area (Å²) in [7, 11) is 0. The van der Waals surface area contributed by atoms with Crippen LogP contribution in [0, 0.1) is 0 Å². The van der Waals surface area contributed by atoms with Crippen LogP contribution in [0.15, 0.2) is 22.8 Å². The van der Waals surface area contributed by atoms with Crippen LogP contribution in [0.5, 0.6) is 0 Å². The van der Waals surface area contributed by atoms with Crippen molar-refractivity contribution in [2.75, 3.05) is 26.2 Å². The maximum Gasteiger partial charge on any atom is 0.289 e. The fourth-order valence-corrected chi connectivity index (χ4v) is 2.91. The number of hydrogen-bond acceptors (Lipinski definition) is 4. The predicted molar refractivity (Wildman–Crippen MR) is 87.8 cm³/mol. The normalized spacial score (nSPS) is 20.5. The van der Waals surface area contributed by atoms with E-state index in [0.29, 0.717) is 11.8 Å². The Hall–Kier alpha value is -1.33. The van der Waals surface area contributed by atoms with Gasteiger partial charge in [-0.25, -0.2) is 0 Å². The Morgan fingerprint density at radius 2 is 1.77 bits per heavy atom. The number of carbonyl (C=O) groups is 1. The van der Waals surface area contributed by atoms with E-state index in [1.807, 2.05) is 0 Å². The van der Waals surface area contributed by atoms with Crippen molar-refractivity contribution in [3.05, 3.63) is 24.2 Å². The van der Waals surface area contributed by atoms with Gasteiger partial charge < -0.3 is 20.4 Å². The minimum atomic E-state index is -0.00787. The molecule has 0 aromatic carbocycles. The second kappa shape index (κ2) is 9.64. The number of hydrogen-bond donors (Lipinski definition) is 2. The molecule has 1 aliphatic heterocycles. The second-order valence-corrected chi connectivity index (χ2v) is 6.12. The first-order valence-corrected chi connectivity index (χ1v) is 8.56. The Morgan fingerprint density at radius 3 is 2.36 bits per heavy atom. The van der Waals surface area contributed by atoms with Crippen molar-refractivity contribution < 1.29 is 9.21 Å². The van der Waals surface area contributed by atoms with Crippen molar-refractivity contribution in [2.45, 2.75) is 51.0 Å². The molecule has 1 aromatic rings. The van der Waals surface area contributed by atoms with Crippen LogP contribution in [0.4, 0.5) is 0 Å². The summed E-state index contributed by atoms with van der Waals surface area (Å²) in [5, 5.41) is 3.19. The third kappa shape index (κ3) is 5.81. The molecule has 0 radical (unpaired) electrons. The topological polar surface area (TPSA) is 71.5 Å². The summed E-state index contributed by atoms with van der Waals surface area (Å²) in [6.45, 7) is 3.26. The number of nitrogens with two attached hydrogens (primary N) is 1. The highest BCUT2D eigenvalue weighted by Crippen LogP contribution is 2.15. The van der Waals surface area contributed by atoms with E-state index in [1.165, 1.54) is 51.2 Å². The van der Waals surface area contributed by atoms with Gasteiger partial charge in [0.25, 0.3) is 5.91 Å². The van der Waals surface area contributed by atoms with Crippen molar-refractivity contribution in [2.24, 2.45) is 5.73 Å². The molecule has 1 amide bonds. The second-order valence-electron chi connectivity index (χ2n) is 6.12.